The Labute approximate surface area is 243 Å². The number of urea groups is 1. The highest BCUT2D eigenvalue weighted by Crippen LogP contribution is 2.36. The van der Waals surface area contributed by atoms with Crippen molar-refractivity contribution in [2.45, 2.75) is 30.2 Å². The second kappa shape index (κ2) is 12.8. The van der Waals surface area contributed by atoms with Crippen molar-refractivity contribution in [3.63, 3.8) is 0 Å². The number of benzene rings is 2. The summed E-state index contributed by atoms with van der Waals surface area (Å²) in [4.78, 5) is 29.7. The first-order valence-electron chi connectivity index (χ1n) is 13.0. The summed E-state index contributed by atoms with van der Waals surface area (Å²) in [7, 11) is -0.759. The molecule has 0 unspecified atom stereocenters. The molecule has 0 saturated carbocycles. The summed E-state index contributed by atoms with van der Waals surface area (Å²) >= 11 is 1.06. The summed E-state index contributed by atoms with van der Waals surface area (Å²) in [6, 6.07) is 13.8. The number of ether oxygens (including phenoxy) is 2. The Morgan fingerprint density at radius 1 is 1.22 bits per heavy atom. The maximum Gasteiger partial charge on any atom is 0.321 e. The maximum atomic E-state index is 13.6. The fourth-order valence-corrected chi connectivity index (χ4v) is 6.45. The average Bonchev–Trinajstić information content (AvgIpc) is 3.51. The zero-order chi connectivity index (χ0) is 29.7. The van der Waals surface area contributed by atoms with Gasteiger partial charge in [-0.1, -0.05) is 19.1 Å². The number of nitrogens with zero attached hydrogens (tertiary/aromatic N) is 2. The van der Waals surface area contributed by atoms with Crippen LogP contribution in [0.4, 0.5) is 16.2 Å². The van der Waals surface area contributed by atoms with Gasteiger partial charge < -0.3 is 29.7 Å². The first kappa shape index (κ1) is 30.2. The van der Waals surface area contributed by atoms with Crippen LogP contribution in [-0.4, -0.2) is 81.3 Å². The molecule has 220 valence electrons. The summed E-state index contributed by atoms with van der Waals surface area (Å²) in [5.41, 5.74) is 0.836. The van der Waals surface area contributed by atoms with Gasteiger partial charge in [-0.2, -0.15) is 0 Å². The Bertz CT molecular complexity index is 1460. The molecular weight excluding hydrogens is 568 g/mol. The predicted molar refractivity (Wildman–Crippen MR) is 157 cm³/mol. The number of hydrogen-bond acceptors (Lipinski definition) is 8. The lowest BCUT2D eigenvalue weighted by atomic mass is 9.99. The molecule has 2 aromatic carbocycles. The van der Waals surface area contributed by atoms with E-state index in [0.29, 0.717) is 11.4 Å². The molecule has 0 spiro atoms. The molecule has 0 radical (unpaired) electrons. The van der Waals surface area contributed by atoms with E-state index >= 15 is 0 Å². The van der Waals surface area contributed by atoms with Crippen molar-refractivity contribution in [2.75, 3.05) is 43.9 Å². The molecule has 3 atom stereocenters. The number of aliphatic hydroxyl groups is 1. The number of hydrogen-bond donors (Lipinski definition) is 3. The number of methoxy groups -OCH3 is 1. The van der Waals surface area contributed by atoms with Crippen LogP contribution in [0.25, 0.3) is 0 Å². The minimum Gasteiger partial charge on any atom is -0.497 e. The number of nitrogens with one attached hydrogen (secondary N) is 2. The lowest BCUT2D eigenvalue weighted by Crippen LogP contribution is -2.50. The number of likely N-dealkylation sites (N-methyl/N-ethyl adjacent to an activating group) is 1. The van der Waals surface area contributed by atoms with Crippen LogP contribution < -0.4 is 19.5 Å². The lowest BCUT2D eigenvalue weighted by Gasteiger charge is -2.38. The number of aliphatic hydroxyl groups excluding tert-OH is 1. The van der Waals surface area contributed by atoms with E-state index in [1.165, 1.54) is 17.0 Å². The molecule has 0 fully saturated rings. The minimum atomic E-state index is -3.94. The van der Waals surface area contributed by atoms with Crippen molar-refractivity contribution in [3.8, 4) is 11.5 Å². The number of amides is 3. The fourth-order valence-electron chi connectivity index (χ4n) is 4.40. The first-order chi connectivity index (χ1) is 19.5. The maximum absolute atomic E-state index is 13.6. The smallest absolute Gasteiger partial charge is 0.321 e. The molecule has 2 heterocycles. The van der Waals surface area contributed by atoms with E-state index in [1.54, 1.807) is 73.8 Å². The molecule has 11 nitrogen and oxygen atoms in total. The predicted octanol–water partition coefficient (Wildman–Crippen LogP) is 3.94. The van der Waals surface area contributed by atoms with Crippen LogP contribution in [0.1, 0.15) is 24.2 Å². The molecule has 3 aromatic rings. The molecule has 3 N–H and O–H groups in total. The molecule has 0 saturated heterocycles. The highest BCUT2D eigenvalue weighted by molar-refractivity contribution is 7.94. The quantitative estimate of drug-likeness (QED) is 0.337. The van der Waals surface area contributed by atoms with Crippen LogP contribution in [0.15, 0.2) is 64.2 Å². The summed E-state index contributed by atoms with van der Waals surface area (Å²) in [5, 5.41) is 14.4. The monoisotopic (exact) mass is 602 g/mol. The van der Waals surface area contributed by atoms with Gasteiger partial charge in [0.15, 0.2) is 5.75 Å². The van der Waals surface area contributed by atoms with Gasteiger partial charge in [-0.05, 0) is 54.8 Å². The Kier molecular flexibility index (Phi) is 9.41. The second-order valence-electron chi connectivity index (χ2n) is 9.88. The summed E-state index contributed by atoms with van der Waals surface area (Å²) in [5.74, 6) is 0.0377. The number of carbonyl (C=O) groups excluding carboxylic acids is 2. The third-order valence-corrected chi connectivity index (χ3v) is 9.60. The number of anilines is 2. The third-order valence-electron chi connectivity index (χ3n) is 6.84. The zero-order valence-corrected chi connectivity index (χ0v) is 24.9. The Morgan fingerprint density at radius 3 is 2.59 bits per heavy atom. The SMILES string of the molecule is COc1ccc(NC(=O)N(C)C[C@@H]2Oc3c(NS(=O)(=O)c4cccs4)cccc3C(=O)N([C@H](C)CO)C[C@H]2C)cc1. The molecule has 0 aliphatic carbocycles. The Hall–Kier alpha value is -3.81. The van der Waals surface area contributed by atoms with Gasteiger partial charge in [0.1, 0.15) is 16.1 Å². The van der Waals surface area contributed by atoms with Gasteiger partial charge in [-0.25, -0.2) is 13.2 Å². The van der Waals surface area contributed by atoms with Crippen LogP contribution in [0, 0.1) is 5.92 Å². The van der Waals surface area contributed by atoms with E-state index < -0.39 is 28.1 Å². The molecule has 41 heavy (non-hydrogen) atoms. The van der Waals surface area contributed by atoms with E-state index in [2.05, 4.69) is 10.0 Å². The number of thiophene rings is 1. The Morgan fingerprint density at radius 2 is 1.95 bits per heavy atom. The summed E-state index contributed by atoms with van der Waals surface area (Å²) in [6.07, 6.45) is -0.630. The van der Waals surface area contributed by atoms with Gasteiger partial charge in [0, 0.05) is 25.2 Å². The fraction of sp³-hybridized carbons (Fsp3) is 0.357. The normalized spacial score (nSPS) is 17.9. The number of sulfonamides is 1. The summed E-state index contributed by atoms with van der Waals surface area (Å²) in [6.45, 7) is 3.75. The van der Waals surface area contributed by atoms with Crippen molar-refractivity contribution >= 4 is 44.7 Å². The van der Waals surface area contributed by atoms with Crippen LogP contribution in [-0.2, 0) is 10.0 Å². The average molecular weight is 603 g/mol. The zero-order valence-electron chi connectivity index (χ0n) is 23.2. The second-order valence-corrected chi connectivity index (χ2v) is 12.7. The van der Waals surface area contributed by atoms with E-state index in [-0.39, 0.29) is 52.9 Å². The number of carbonyl (C=O) groups is 2. The number of para-hydroxylation sites is 1. The molecule has 1 aromatic heterocycles. The largest absolute Gasteiger partial charge is 0.497 e. The molecule has 0 bridgehead atoms. The van der Waals surface area contributed by atoms with Crippen molar-refractivity contribution in [2.24, 2.45) is 5.92 Å². The van der Waals surface area contributed by atoms with Gasteiger partial charge in [0.25, 0.3) is 15.9 Å². The van der Waals surface area contributed by atoms with Crippen molar-refractivity contribution in [1.29, 1.82) is 0 Å². The van der Waals surface area contributed by atoms with E-state index in [0.717, 1.165) is 11.3 Å². The van der Waals surface area contributed by atoms with E-state index in [9.17, 15) is 23.1 Å². The molecular formula is C28H34N4O7S2. The molecule has 1 aliphatic heterocycles. The third kappa shape index (κ3) is 6.92. The number of fused-ring (bicyclic) bond motifs is 1. The first-order valence-corrected chi connectivity index (χ1v) is 15.3. The van der Waals surface area contributed by atoms with Gasteiger partial charge in [-0.15, -0.1) is 11.3 Å². The lowest BCUT2D eigenvalue weighted by molar-refractivity contribution is 0.0373. The van der Waals surface area contributed by atoms with Crippen LogP contribution in [0.3, 0.4) is 0 Å². The van der Waals surface area contributed by atoms with E-state index in [1.807, 2.05) is 6.92 Å². The van der Waals surface area contributed by atoms with Crippen molar-refractivity contribution < 1.29 is 32.6 Å². The highest BCUT2D eigenvalue weighted by atomic mass is 32.2. The molecule has 1 aliphatic rings. The minimum absolute atomic E-state index is 0.0632. The van der Waals surface area contributed by atoms with Gasteiger partial charge in [-0.3, -0.25) is 9.52 Å². The molecule has 4 rings (SSSR count). The standard InChI is InChI=1S/C28H34N4O7S2/c1-18-15-32(19(2)17-33)27(34)22-7-5-8-23(30-41(36,37)25-9-6-14-40-25)26(22)39-24(18)16-31(3)28(35)29-20-10-12-21(38-4)13-11-20/h5-14,18-19,24,30,33H,15-17H2,1-4H3,(H,29,35)/t18-,19-,24+/m1/s1. The summed E-state index contributed by atoms with van der Waals surface area (Å²) < 4.78 is 40.4. The van der Waals surface area contributed by atoms with Crippen LogP contribution in [0.2, 0.25) is 0 Å². The van der Waals surface area contributed by atoms with Crippen LogP contribution >= 0.6 is 11.3 Å². The molecule has 3 amide bonds. The van der Waals surface area contributed by atoms with E-state index in [4.69, 9.17) is 9.47 Å². The van der Waals surface area contributed by atoms with Gasteiger partial charge >= 0.3 is 6.03 Å². The van der Waals surface area contributed by atoms with Crippen molar-refractivity contribution in [1.82, 2.24) is 9.80 Å². The highest BCUT2D eigenvalue weighted by Gasteiger charge is 2.35. The molecule has 13 heteroatoms. The topological polar surface area (TPSA) is 138 Å². The number of rotatable bonds is 9. The van der Waals surface area contributed by atoms with Crippen LogP contribution in [0.5, 0.6) is 11.5 Å². The Balaban J connectivity index is 1.65. The van der Waals surface area contributed by atoms with Crippen molar-refractivity contribution in [3.05, 3.63) is 65.5 Å². The van der Waals surface area contributed by atoms with Gasteiger partial charge in [0.05, 0.1) is 37.6 Å². The van der Waals surface area contributed by atoms with Gasteiger partial charge in [0.2, 0.25) is 0 Å².